The third-order valence-electron chi connectivity index (χ3n) is 6.63. The summed E-state index contributed by atoms with van der Waals surface area (Å²) in [7, 11) is -2.61. The lowest BCUT2D eigenvalue weighted by Gasteiger charge is -2.34. The number of ether oxygens (including phenoxy) is 1. The average molecular weight is 588 g/mol. The largest absolute Gasteiger partial charge is 0.497 e. The molecule has 0 aliphatic carbocycles. The van der Waals surface area contributed by atoms with Crippen LogP contribution in [0.15, 0.2) is 72.8 Å². The zero-order valence-corrected chi connectivity index (χ0v) is 24.3. The molecule has 0 fully saturated rings. The number of sulfonamides is 1. The van der Waals surface area contributed by atoms with Crippen molar-refractivity contribution in [2.24, 2.45) is 0 Å². The normalized spacial score (nSPS) is 12.7. The van der Waals surface area contributed by atoms with Gasteiger partial charge in [-0.15, -0.1) is 0 Å². The highest BCUT2D eigenvalue weighted by Crippen LogP contribution is 2.23. The maximum absolute atomic E-state index is 14.1. The van der Waals surface area contributed by atoms with Crippen LogP contribution in [-0.2, 0) is 32.6 Å². The predicted molar refractivity (Wildman–Crippen MR) is 154 cm³/mol. The van der Waals surface area contributed by atoms with E-state index in [-0.39, 0.29) is 24.7 Å². The van der Waals surface area contributed by atoms with Gasteiger partial charge in [0.25, 0.3) is 0 Å². The van der Waals surface area contributed by atoms with Crippen molar-refractivity contribution in [3.05, 3.63) is 95.6 Å². The highest BCUT2D eigenvalue weighted by atomic mass is 32.2. The summed E-state index contributed by atoms with van der Waals surface area (Å²) in [5.41, 5.74) is 1.22. The lowest BCUT2D eigenvalue weighted by molar-refractivity contribution is -0.140. The number of anilines is 1. The maximum atomic E-state index is 14.1. The van der Waals surface area contributed by atoms with E-state index in [0.717, 1.165) is 24.0 Å². The van der Waals surface area contributed by atoms with Gasteiger partial charge in [-0.2, -0.15) is 0 Å². The first-order chi connectivity index (χ1) is 19.4. The first-order valence-corrected chi connectivity index (χ1v) is 15.0. The van der Waals surface area contributed by atoms with E-state index in [1.54, 1.807) is 24.3 Å². The van der Waals surface area contributed by atoms with E-state index in [0.29, 0.717) is 28.1 Å². The molecule has 11 heteroatoms. The van der Waals surface area contributed by atoms with E-state index in [4.69, 9.17) is 4.74 Å². The molecule has 41 heavy (non-hydrogen) atoms. The molecule has 3 rings (SSSR count). The molecule has 220 valence electrons. The van der Waals surface area contributed by atoms with Gasteiger partial charge in [-0.3, -0.25) is 13.9 Å². The van der Waals surface area contributed by atoms with Crippen LogP contribution in [0.2, 0.25) is 0 Å². The van der Waals surface area contributed by atoms with Gasteiger partial charge in [-0.25, -0.2) is 17.2 Å². The fraction of sp³-hybridized carbons (Fsp3) is 0.333. The van der Waals surface area contributed by atoms with Gasteiger partial charge in [-0.05, 0) is 48.7 Å². The van der Waals surface area contributed by atoms with E-state index in [1.807, 2.05) is 44.2 Å². The van der Waals surface area contributed by atoms with Crippen LogP contribution >= 0.6 is 0 Å². The van der Waals surface area contributed by atoms with Crippen molar-refractivity contribution in [3.63, 3.8) is 0 Å². The number of nitrogens with one attached hydrogen (secondary N) is 1. The minimum Gasteiger partial charge on any atom is -0.497 e. The minimum absolute atomic E-state index is 0.0448. The molecular formula is C30H35F2N3O5S. The van der Waals surface area contributed by atoms with Gasteiger partial charge in [0, 0.05) is 25.1 Å². The van der Waals surface area contributed by atoms with Gasteiger partial charge in [0.2, 0.25) is 21.8 Å². The molecule has 0 spiro atoms. The Morgan fingerprint density at radius 1 is 0.951 bits per heavy atom. The zero-order valence-electron chi connectivity index (χ0n) is 23.5. The SMILES string of the molecule is CC[C@H](C)NC(=O)[C@H](Cc1ccccc1)N(Cc1cccc(OC)c1)C(=O)CN(c1ccc(F)c(F)c1)S(C)(=O)=O. The molecule has 0 aliphatic rings. The number of nitrogens with zero attached hydrogens (tertiary/aromatic N) is 2. The number of benzene rings is 3. The fourth-order valence-corrected chi connectivity index (χ4v) is 5.06. The lowest BCUT2D eigenvalue weighted by Crippen LogP contribution is -2.54. The molecule has 0 radical (unpaired) electrons. The van der Waals surface area contributed by atoms with E-state index in [2.05, 4.69) is 5.32 Å². The Labute approximate surface area is 240 Å². The van der Waals surface area contributed by atoms with Gasteiger partial charge < -0.3 is 15.0 Å². The summed E-state index contributed by atoms with van der Waals surface area (Å²) in [5.74, 6) is -2.98. The monoisotopic (exact) mass is 587 g/mol. The van der Waals surface area contributed by atoms with E-state index in [1.165, 1.54) is 12.0 Å². The molecule has 2 atom stereocenters. The molecule has 2 amide bonds. The summed E-state index contributed by atoms with van der Waals surface area (Å²) >= 11 is 0. The summed E-state index contributed by atoms with van der Waals surface area (Å²) in [4.78, 5) is 29.0. The molecule has 0 unspecified atom stereocenters. The number of carbonyl (C=O) groups excluding carboxylic acids is 2. The van der Waals surface area contributed by atoms with Crippen LogP contribution in [0, 0.1) is 11.6 Å². The van der Waals surface area contributed by atoms with E-state index >= 15 is 0 Å². The second kappa shape index (κ2) is 14.1. The fourth-order valence-electron chi connectivity index (χ4n) is 4.22. The first-order valence-electron chi connectivity index (χ1n) is 13.1. The molecule has 3 aromatic rings. The van der Waals surface area contributed by atoms with Crippen LogP contribution in [0.1, 0.15) is 31.4 Å². The summed E-state index contributed by atoms with van der Waals surface area (Å²) in [6.07, 6.45) is 1.68. The molecule has 1 N–H and O–H groups in total. The molecule has 0 saturated heterocycles. The number of rotatable bonds is 13. The van der Waals surface area contributed by atoms with Crippen molar-refractivity contribution >= 4 is 27.5 Å². The predicted octanol–water partition coefficient (Wildman–Crippen LogP) is 4.29. The highest BCUT2D eigenvalue weighted by molar-refractivity contribution is 7.92. The van der Waals surface area contributed by atoms with Crippen LogP contribution in [0.5, 0.6) is 5.75 Å². The van der Waals surface area contributed by atoms with Crippen LogP contribution < -0.4 is 14.4 Å². The van der Waals surface area contributed by atoms with Gasteiger partial charge in [0.1, 0.15) is 18.3 Å². The number of methoxy groups -OCH3 is 1. The van der Waals surface area contributed by atoms with E-state index < -0.39 is 46.1 Å². The van der Waals surface area contributed by atoms with E-state index in [9.17, 15) is 26.8 Å². The van der Waals surface area contributed by atoms with Crippen molar-refractivity contribution in [1.82, 2.24) is 10.2 Å². The Morgan fingerprint density at radius 3 is 2.24 bits per heavy atom. The molecule has 0 aromatic heterocycles. The molecular weight excluding hydrogens is 552 g/mol. The Hall–Kier alpha value is -3.99. The summed E-state index contributed by atoms with van der Waals surface area (Å²) in [6, 6.07) is 17.5. The van der Waals surface area contributed by atoms with Crippen molar-refractivity contribution in [1.29, 1.82) is 0 Å². The number of carbonyl (C=O) groups is 2. The quantitative estimate of drug-likeness (QED) is 0.322. The summed E-state index contributed by atoms with van der Waals surface area (Å²) in [6.45, 7) is 2.98. The van der Waals surface area contributed by atoms with Crippen molar-refractivity contribution in [2.45, 2.75) is 45.3 Å². The lowest BCUT2D eigenvalue weighted by atomic mass is 10.0. The third-order valence-corrected chi connectivity index (χ3v) is 7.77. The highest BCUT2D eigenvalue weighted by Gasteiger charge is 2.33. The van der Waals surface area contributed by atoms with Gasteiger partial charge in [0.15, 0.2) is 11.6 Å². The second-order valence-electron chi connectivity index (χ2n) is 9.76. The summed E-state index contributed by atoms with van der Waals surface area (Å²) < 4.78 is 59.2. The summed E-state index contributed by atoms with van der Waals surface area (Å²) in [5, 5.41) is 2.94. The topological polar surface area (TPSA) is 96.0 Å². The molecule has 0 bridgehead atoms. The van der Waals surface area contributed by atoms with Gasteiger partial charge in [0.05, 0.1) is 19.1 Å². The smallest absolute Gasteiger partial charge is 0.244 e. The zero-order chi connectivity index (χ0) is 30.2. The Bertz CT molecular complexity index is 1450. The van der Waals surface area contributed by atoms with Crippen molar-refractivity contribution in [2.75, 3.05) is 24.2 Å². The molecule has 8 nitrogen and oxygen atoms in total. The molecule has 3 aromatic carbocycles. The number of halogens is 2. The average Bonchev–Trinajstić information content (AvgIpc) is 2.94. The standard InChI is InChI=1S/C30H35F2N3O5S/c1-5-21(2)33-30(37)28(17-22-10-7-6-8-11-22)34(19-23-12-9-13-25(16-23)40-3)29(36)20-35(41(4,38)39)24-14-15-26(31)27(32)18-24/h6-16,18,21,28H,5,17,19-20H2,1-4H3,(H,33,37)/t21-,28-/m0/s1. The van der Waals surface area contributed by atoms with Gasteiger partial charge >= 0.3 is 0 Å². The Balaban J connectivity index is 2.08. The third kappa shape index (κ3) is 8.75. The maximum Gasteiger partial charge on any atom is 0.244 e. The van der Waals surface area contributed by atoms with Crippen LogP contribution in [0.25, 0.3) is 0 Å². The Kier molecular flexibility index (Phi) is 10.8. The minimum atomic E-state index is -4.11. The van der Waals surface area contributed by atoms with Crippen LogP contribution in [0.3, 0.4) is 0 Å². The van der Waals surface area contributed by atoms with Crippen LogP contribution in [0.4, 0.5) is 14.5 Å². The first kappa shape index (κ1) is 31.5. The number of hydrogen-bond acceptors (Lipinski definition) is 5. The second-order valence-corrected chi connectivity index (χ2v) is 11.7. The Morgan fingerprint density at radius 2 is 1.63 bits per heavy atom. The molecule has 0 aliphatic heterocycles. The number of hydrogen-bond donors (Lipinski definition) is 1. The van der Waals surface area contributed by atoms with Crippen molar-refractivity contribution in [3.8, 4) is 5.75 Å². The van der Waals surface area contributed by atoms with Crippen LogP contribution in [-0.4, -0.2) is 57.1 Å². The van der Waals surface area contributed by atoms with Gasteiger partial charge in [-0.1, -0.05) is 49.4 Å². The van der Waals surface area contributed by atoms with Crippen molar-refractivity contribution < 1.29 is 31.5 Å². The number of amides is 2. The molecule has 0 saturated carbocycles. The molecule has 0 heterocycles.